The van der Waals surface area contributed by atoms with Crippen molar-refractivity contribution < 1.29 is 15.0 Å². The first kappa shape index (κ1) is 17.9. The Hall–Kier alpha value is -3.19. The van der Waals surface area contributed by atoms with Crippen LogP contribution in [-0.4, -0.2) is 63.0 Å². The van der Waals surface area contributed by atoms with E-state index in [1.54, 1.807) is 23.2 Å². The Morgan fingerprint density at radius 1 is 1.10 bits per heavy atom. The van der Waals surface area contributed by atoms with Crippen LogP contribution >= 0.6 is 0 Å². The molecule has 1 aromatic heterocycles. The number of aliphatic hydroxyl groups is 2. The Morgan fingerprint density at radius 3 is 2.72 bits per heavy atom. The number of amides is 1. The van der Waals surface area contributed by atoms with Gasteiger partial charge in [-0.2, -0.15) is 5.10 Å². The number of aryl methyl sites for hydroxylation is 2. The van der Waals surface area contributed by atoms with Crippen molar-refractivity contribution in [1.29, 1.82) is 0 Å². The molecular formula is C22H22N4O3. The van der Waals surface area contributed by atoms with E-state index >= 15 is 0 Å². The van der Waals surface area contributed by atoms with Gasteiger partial charge in [0.15, 0.2) is 11.5 Å². The molecule has 0 spiro atoms. The topological polar surface area (TPSA) is 89.3 Å². The van der Waals surface area contributed by atoms with E-state index < -0.39 is 6.10 Å². The van der Waals surface area contributed by atoms with Crippen LogP contribution in [0.5, 0.6) is 0 Å². The molecule has 3 aliphatic rings. The van der Waals surface area contributed by atoms with Crippen LogP contribution in [-0.2, 0) is 17.6 Å². The second-order valence-corrected chi connectivity index (χ2v) is 7.77. The Kier molecular flexibility index (Phi) is 4.13. The SMILES string of the molecule is CN1C[C@H](C2c3ccccc3CCc3cccnc32)N2N=CC(O)C(O)=C2C1=O. The van der Waals surface area contributed by atoms with Gasteiger partial charge in [-0.25, -0.2) is 0 Å². The number of rotatable bonds is 1. The summed E-state index contributed by atoms with van der Waals surface area (Å²) >= 11 is 0. The van der Waals surface area contributed by atoms with Gasteiger partial charge in [0, 0.05) is 19.8 Å². The second-order valence-electron chi connectivity index (χ2n) is 7.77. The number of aliphatic hydroxyl groups excluding tert-OH is 2. The predicted molar refractivity (Wildman–Crippen MR) is 107 cm³/mol. The molecule has 2 aliphatic heterocycles. The Morgan fingerprint density at radius 2 is 1.86 bits per heavy atom. The molecule has 0 saturated carbocycles. The monoisotopic (exact) mass is 390 g/mol. The smallest absolute Gasteiger partial charge is 0.275 e. The highest BCUT2D eigenvalue weighted by Gasteiger charge is 2.45. The summed E-state index contributed by atoms with van der Waals surface area (Å²) in [6.45, 7) is 0.429. The maximum Gasteiger partial charge on any atom is 0.275 e. The molecule has 3 atom stereocenters. The molecule has 0 bridgehead atoms. The molecule has 1 aliphatic carbocycles. The summed E-state index contributed by atoms with van der Waals surface area (Å²) < 4.78 is 0. The summed E-state index contributed by atoms with van der Waals surface area (Å²) in [6, 6.07) is 12.1. The van der Waals surface area contributed by atoms with Gasteiger partial charge >= 0.3 is 0 Å². The van der Waals surface area contributed by atoms with Crippen molar-refractivity contribution >= 4 is 12.1 Å². The fourth-order valence-corrected chi connectivity index (χ4v) is 4.66. The highest BCUT2D eigenvalue weighted by Crippen LogP contribution is 2.41. The van der Waals surface area contributed by atoms with Gasteiger partial charge in [0.05, 0.1) is 23.9 Å². The highest BCUT2D eigenvalue weighted by atomic mass is 16.3. The van der Waals surface area contributed by atoms with Crippen LogP contribution < -0.4 is 0 Å². The van der Waals surface area contributed by atoms with Gasteiger partial charge in [-0.3, -0.25) is 14.8 Å². The van der Waals surface area contributed by atoms with Gasteiger partial charge in [0.2, 0.25) is 0 Å². The first-order chi connectivity index (χ1) is 14.1. The third-order valence-electron chi connectivity index (χ3n) is 6.07. The third-order valence-corrected chi connectivity index (χ3v) is 6.07. The number of aromatic nitrogens is 1. The lowest BCUT2D eigenvalue weighted by molar-refractivity contribution is -0.132. The minimum atomic E-state index is -1.27. The quantitative estimate of drug-likeness (QED) is 0.772. The normalized spacial score (nSPS) is 26.0. The number of hydrogen-bond donors (Lipinski definition) is 2. The maximum absolute atomic E-state index is 12.8. The average molecular weight is 390 g/mol. The van der Waals surface area contributed by atoms with Crippen LogP contribution in [0.2, 0.25) is 0 Å². The third kappa shape index (κ3) is 2.73. The fourth-order valence-electron chi connectivity index (χ4n) is 4.66. The lowest BCUT2D eigenvalue weighted by atomic mass is 9.83. The van der Waals surface area contributed by atoms with E-state index in [0.29, 0.717) is 6.54 Å². The van der Waals surface area contributed by atoms with Gasteiger partial charge in [0.1, 0.15) is 6.10 Å². The first-order valence-electron chi connectivity index (χ1n) is 9.78. The molecule has 2 unspecified atom stereocenters. The van der Waals surface area contributed by atoms with Crippen molar-refractivity contribution in [2.24, 2.45) is 5.10 Å². The second kappa shape index (κ2) is 6.70. The molecule has 2 N–H and O–H groups in total. The zero-order valence-corrected chi connectivity index (χ0v) is 16.1. The van der Waals surface area contributed by atoms with Crippen LogP contribution in [0.1, 0.15) is 28.3 Å². The number of benzene rings is 1. The van der Waals surface area contributed by atoms with Crippen molar-refractivity contribution in [2.45, 2.75) is 30.9 Å². The predicted octanol–water partition coefficient (Wildman–Crippen LogP) is 1.58. The number of pyridine rings is 1. The molecule has 7 nitrogen and oxygen atoms in total. The number of carbonyl (C=O) groups is 1. The van der Waals surface area contributed by atoms with Crippen molar-refractivity contribution in [3.05, 3.63) is 76.4 Å². The van der Waals surface area contributed by atoms with Gasteiger partial charge < -0.3 is 15.1 Å². The number of hydrogen-bond acceptors (Lipinski definition) is 6. The molecule has 5 rings (SSSR count). The van der Waals surface area contributed by atoms with Gasteiger partial charge in [-0.15, -0.1) is 0 Å². The number of hydrazone groups is 1. The summed E-state index contributed by atoms with van der Waals surface area (Å²) in [5, 5.41) is 26.4. The maximum atomic E-state index is 12.8. The zero-order valence-electron chi connectivity index (χ0n) is 16.1. The number of carbonyl (C=O) groups excluding carboxylic acids is 1. The highest BCUT2D eigenvalue weighted by molar-refractivity contribution is 5.96. The van der Waals surface area contributed by atoms with Gasteiger partial charge in [0.25, 0.3) is 5.91 Å². The number of nitrogens with zero attached hydrogens (tertiary/aromatic N) is 4. The summed E-state index contributed by atoms with van der Waals surface area (Å²) in [7, 11) is 1.71. The van der Waals surface area contributed by atoms with E-state index in [4.69, 9.17) is 4.98 Å². The Bertz CT molecular complexity index is 1000. The van der Waals surface area contributed by atoms with Crippen LogP contribution in [0, 0.1) is 0 Å². The first-order valence-corrected chi connectivity index (χ1v) is 9.78. The summed E-state index contributed by atoms with van der Waals surface area (Å²) in [6.07, 6.45) is 3.61. The van der Waals surface area contributed by atoms with E-state index in [0.717, 1.165) is 24.1 Å². The largest absolute Gasteiger partial charge is 0.507 e. The molecule has 7 heteroatoms. The van der Waals surface area contributed by atoms with Crippen LogP contribution in [0.3, 0.4) is 0 Å². The molecule has 0 radical (unpaired) electrons. The van der Waals surface area contributed by atoms with E-state index in [2.05, 4.69) is 23.3 Å². The van der Waals surface area contributed by atoms with Crippen LogP contribution in [0.25, 0.3) is 0 Å². The Balaban J connectivity index is 1.71. The molecule has 148 valence electrons. The number of fused-ring (bicyclic) bond motifs is 3. The summed E-state index contributed by atoms with van der Waals surface area (Å²) in [5.74, 6) is -0.835. The molecule has 29 heavy (non-hydrogen) atoms. The number of likely N-dealkylation sites (N-methyl/N-ethyl adjacent to an activating group) is 1. The standard InChI is InChI=1S/C22H22N4O3/c1-25-12-16(26-20(22(25)29)21(28)17(27)11-24-26)18-15-7-3-2-5-13(15)8-9-14-6-4-10-23-19(14)18/h2-7,10-11,16-18,27-28H,8-9,12H2,1H3/t16-,17?,18?/m1/s1. The minimum Gasteiger partial charge on any atom is -0.507 e. The molecule has 1 aromatic carbocycles. The van der Waals surface area contributed by atoms with Gasteiger partial charge in [-0.05, 0) is 35.6 Å². The molecule has 3 heterocycles. The molecule has 1 fully saturated rings. The lowest BCUT2D eigenvalue weighted by Crippen LogP contribution is -2.56. The minimum absolute atomic E-state index is 0.0398. The summed E-state index contributed by atoms with van der Waals surface area (Å²) in [4.78, 5) is 19.1. The average Bonchev–Trinajstić information content (AvgIpc) is 2.90. The number of piperazine rings is 1. The van der Waals surface area contributed by atoms with Gasteiger partial charge in [-0.1, -0.05) is 30.3 Å². The van der Waals surface area contributed by atoms with E-state index in [-0.39, 0.29) is 29.3 Å². The molecule has 1 amide bonds. The molecule has 1 saturated heterocycles. The fraction of sp³-hybridized carbons (Fsp3) is 0.318. The zero-order chi connectivity index (χ0) is 20.1. The van der Waals surface area contributed by atoms with Crippen LogP contribution in [0.4, 0.5) is 0 Å². The van der Waals surface area contributed by atoms with E-state index in [1.165, 1.54) is 17.3 Å². The summed E-state index contributed by atoms with van der Waals surface area (Å²) in [5.41, 5.74) is 4.62. The van der Waals surface area contributed by atoms with Crippen LogP contribution in [0.15, 0.2) is 59.2 Å². The molecule has 2 aromatic rings. The van der Waals surface area contributed by atoms with Crippen molar-refractivity contribution in [3.8, 4) is 0 Å². The van der Waals surface area contributed by atoms with Crippen molar-refractivity contribution in [1.82, 2.24) is 14.9 Å². The Labute approximate surface area is 168 Å². The van der Waals surface area contributed by atoms with E-state index in [9.17, 15) is 15.0 Å². The van der Waals surface area contributed by atoms with E-state index in [1.807, 2.05) is 18.2 Å². The molecular weight excluding hydrogens is 368 g/mol. The van der Waals surface area contributed by atoms with Crippen molar-refractivity contribution in [2.75, 3.05) is 13.6 Å². The van der Waals surface area contributed by atoms with Crippen molar-refractivity contribution in [3.63, 3.8) is 0 Å². The lowest BCUT2D eigenvalue weighted by Gasteiger charge is -2.44.